The van der Waals surface area contributed by atoms with Crippen molar-refractivity contribution in [3.05, 3.63) is 58.3 Å². The Labute approximate surface area is 245 Å². The van der Waals surface area contributed by atoms with Crippen molar-refractivity contribution in [2.45, 2.75) is 64.2 Å². The number of nitrogens with one attached hydrogen (secondary N) is 2. The predicted molar refractivity (Wildman–Crippen MR) is 160 cm³/mol. The highest BCUT2D eigenvalue weighted by Crippen LogP contribution is 2.36. The number of ether oxygens (including phenoxy) is 3. The quantitative estimate of drug-likeness (QED) is 0.239. The molecule has 0 aliphatic heterocycles. The van der Waals surface area contributed by atoms with E-state index in [0.717, 1.165) is 31.5 Å². The maximum absolute atomic E-state index is 13.6. The molecule has 224 valence electrons. The Hall–Kier alpha value is -4.06. The van der Waals surface area contributed by atoms with E-state index in [9.17, 15) is 13.2 Å². The zero-order valence-electron chi connectivity index (χ0n) is 24.6. The third kappa shape index (κ3) is 5.94. The van der Waals surface area contributed by atoms with E-state index in [-0.39, 0.29) is 28.1 Å². The van der Waals surface area contributed by atoms with E-state index < -0.39 is 10.0 Å². The third-order valence-corrected chi connectivity index (χ3v) is 8.60. The van der Waals surface area contributed by atoms with E-state index in [1.165, 1.54) is 19.2 Å². The molecule has 1 fully saturated rings. The maximum atomic E-state index is 13.6. The van der Waals surface area contributed by atoms with Gasteiger partial charge in [0.1, 0.15) is 11.6 Å². The number of methoxy groups -OCH3 is 1. The minimum absolute atomic E-state index is 0.0259. The summed E-state index contributed by atoms with van der Waals surface area (Å²) in [6.45, 7) is 8.45. The molecule has 12 heteroatoms. The van der Waals surface area contributed by atoms with E-state index in [1.807, 2.05) is 20.8 Å². The van der Waals surface area contributed by atoms with Gasteiger partial charge in [0.15, 0.2) is 22.8 Å². The van der Waals surface area contributed by atoms with Crippen molar-refractivity contribution >= 4 is 21.2 Å². The van der Waals surface area contributed by atoms with E-state index in [2.05, 4.69) is 9.71 Å². The minimum atomic E-state index is -4.05. The van der Waals surface area contributed by atoms with Crippen LogP contribution in [0.3, 0.4) is 0 Å². The molecule has 2 N–H and O–H groups in total. The topological polar surface area (TPSA) is 137 Å². The van der Waals surface area contributed by atoms with Crippen LogP contribution in [0.2, 0.25) is 0 Å². The average Bonchev–Trinajstić information content (AvgIpc) is 3.60. The van der Waals surface area contributed by atoms with E-state index in [0.29, 0.717) is 52.9 Å². The monoisotopic (exact) mass is 595 g/mol. The molecule has 42 heavy (non-hydrogen) atoms. The Morgan fingerprint density at radius 2 is 1.81 bits per heavy atom. The fourth-order valence-electron chi connectivity index (χ4n) is 5.23. The molecule has 0 bridgehead atoms. The number of sulfonamides is 1. The molecule has 1 saturated carbocycles. The molecule has 0 saturated heterocycles. The van der Waals surface area contributed by atoms with Crippen molar-refractivity contribution in [3.8, 4) is 28.6 Å². The highest BCUT2D eigenvalue weighted by atomic mass is 32.2. The number of anilines is 1. The molecule has 2 aromatic carbocycles. The molecule has 11 nitrogen and oxygen atoms in total. The molecule has 0 spiro atoms. The lowest BCUT2D eigenvalue weighted by atomic mass is 10.1. The van der Waals surface area contributed by atoms with Gasteiger partial charge in [-0.1, -0.05) is 26.7 Å². The first-order valence-electron chi connectivity index (χ1n) is 14.2. The summed E-state index contributed by atoms with van der Waals surface area (Å²) in [5.41, 5.74) is 1.31. The number of aryl methyl sites for hydroxylation is 1. The molecule has 5 rings (SSSR count). The number of aromatic nitrogens is 4. The van der Waals surface area contributed by atoms with Crippen molar-refractivity contribution in [2.75, 3.05) is 25.0 Å². The average molecular weight is 596 g/mol. The number of imidazole rings is 1. The summed E-state index contributed by atoms with van der Waals surface area (Å²) >= 11 is 0. The Morgan fingerprint density at radius 1 is 1.07 bits per heavy atom. The summed E-state index contributed by atoms with van der Waals surface area (Å²) in [6, 6.07) is 9.32. The Kier molecular flexibility index (Phi) is 8.44. The largest absolute Gasteiger partial charge is 0.493 e. The lowest BCUT2D eigenvalue weighted by Crippen LogP contribution is -2.17. The van der Waals surface area contributed by atoms with Crippen LogP contribution < -0.4 is 24.5 Å². The Balaban J connectivity index is 1.55. The van der Waals surface area contributed by atoms with E-state index in [1.54, 1.807) is 35.7 Å². The van der Waals surface area contributed by atoms with Gasteiger partial charge in [-0.15, -0.1) is 5.10 Å². The van der Waals surface area contributed by atoms with Crippen LogP contribution in [0.25, 0.3) is 16.9 Å². The second-order valence-electron chi connectivity index (χ2n) is 10.9. The number of fused-ring (bicyclic) bond motifs is 1. The fraction of sp³-hybridized carbons (Fsp3) is 0.433. The molecule has 0 unspecified atom stereocenters. The van der Waals surface area contributed by atoms with Crippen molar-refractivity contribution in [3.63, 3.8) is 0 Å². The molecule has 1 aliphatic carbocycles. The number of nitrogens with zero attached hydrogens (tertiary/aromatic N) is 3. The molecule has 2 heterocycles. The third-order valence-electron chi connectivity index (χ3n) is 7.23. The van der Waals surface area contributed by atoms with Gasteiger partial charge in [-0.25, -0.2) is 17.9 Å². The first kappa shape index (κ1) is 29.4. The summed E-state index contributed by atoms with van der Waals surface area (Å²) < 4.78 is 48.4. The molecule has 1 aliphatic rings. The Morgan fingerprint density at radius 3 is 2.50 bits per heavy atom. The molecule has 4 aromatic rings. The lowest BCUT2D eigenvalue weighted by Gasteiger charge is -2.16. The minimum Gasteiger partial charge on any atom is -0.493 e. The molecular formula is C30H37N5O6S. The van der Waals surface area contributed by atoms with Gasteiger partial charge in [-0.3, -0.25) is 9.52 Å². The van der Waals surface area contributed by atoms with Crippen molar-refractivity contribution in [2.24, 2.45) is 5.92 Å². The van der Waals surface area contributed by atoms with Gasteiger partial charge in [-0.05, 0) is 62.9 Å². The van der Waals surface area contributed by atoms with E-state index >= 15 is 0 Å². The van der Waals surface area contributed by atoms with Gasteiger partial charge in [0.2, 0.25) is 0 Å². The van der Waals surface area contributed by atoms with Crippen LogP contribution in [0, 0.1) is 12.8 Å². The number of hydrogen-bond acceptors (Lipinski definition) is 8. The van der Waals surface area contributed by atoms with Crippen LogP contribution in [-0.4, -0.2) is 48.3 Å². The number of H-pyrrole nitrogens is 1. The van der Waals surface area contributed by atoms with Crippen molar-refractivity contribution in [1.29, 1.82) is 0 Å². The molecular weight excluding hydrogens is 558 g/mol. The van der Waals surface area contributed by atoms with E-state index in [4.69, 9.17) is 24.3 Å². The second kappa shape index (κ2) is 12.0. The Bertz CT molecular complexity index is 1760. The predicted octanol–water partition coefficient (Wildman–Crippen LogP) is 5.29. The van der Waals surface area contributed by atoms with Gasteiger partial charge in [0.25, 0.3) is 15.6 Å². The lowest BCUT2D eigenvalue weighted by molar-refractivity contribution is 0.257. The molecule has 0 atom stereocenters. The summed E-state index contributed by atoms with van der Waals surface area (Å²) in [6.07, 6.45) is 4.19. The van der Waals surface area contributed by atoms with Crippen LogP contribution >= 0.6 is 0 Å². The molecule has 0 radical (unpaired) electrons. The number of aromatic amines is 1. The number of benzene rings is 2. The first-order chi connectivity index (χ1) is 20.1. The van der Waals surface area contributed by atoms with Crippen LogP contribution in [0.5, 0.6) is 17.2 Å². The first-order valence-corrected chi connectivity index (χ1v) is 15.7. The van der Waals surface area contributed by atoms with Gasteiger partial charge in [0, 0.05) is 12.0 Å². The van der Waals surface area contributed by atoms with Crippen molar-refractivity contribution < 1.29 is 22.6 Å². The molecule has 2 aromatic heterocycles. The fourth-order valence-corrected chi connectivity index (χ4v) is 6.30. The van der Waals surface area contributed by atoms with Gasteiger partial charge in [0.05, 0.1) is 42.2 Å². The van der Waals surface area contributed by atoms with Crippen molar-refractivity contribution in [1.82, 2.24) is 19.6 Å². The van der Waals surface area contributed by atoms with Gasteiger partial charge >= 0.3 is 0 Å². The summed E-state index contributed by atoms with van der Waals surface area (Å²) in [7, 11) is -2.53. The summed E-state index contributed by atoms with van der Waals surface area (Å²) in [5, 5.41) is 4.76. The number of hydrogen-bond donors (Lipinski definition) is 2. The van der Waals surface area contributed by atoms with Crippen LogP contribution in [0.1, 0.15) is 63.9 Å². The SMILES string of the molecule is CCOc1ccc(S(=O)(=O)Nc2ccc(OC)c(OCC(C)C)c2)cc1-c1nn2c(C3CCCC3)nc(C)c2c(=O)[nH]1. The number of rotatable bonds is 11. The zero-order valence-corrected chi connectivity index (χ0v) is 25.4. The van der Waals surface area contributed by atoms with Crippen LogP contribution in [-0.2, 0) is 10.0 Å². The van der Waals surface area contributed by atoms with Gasteiger partial charge < -0.3 is 19.2 Å². The van der Waals surface area contributed by atoms with Gasteiger partial charge in [-0.2, -0.15) is 0 Å². The highest BCUT2D eigenvalue weighted by molar-refractivity contribution is 7.92. The zero-order chi connectivity index (χ0) is 30.0. The smallest absolute Gasteiger partial charge is 0.277 e. The second-order valence-corrected chi connectivity index (χ2v) is 12.5. The van der Waals surface area contributed by atoms with Crippen LogP contribution in [0.15, 0.2) is 46.1 Å². The maximum Gasteiger partial charge on any atom is 0.277 e. The van der Waals surface area contributed by atoms with Crippen LogP contribution in [0.4, 0.5) is 5.69 Å². The molecule has 0 amide bonds. The summed E-state index contributed by atoms with van der Waals surface area (Å²) in [5.74, 6) is 2.77. The normalized spacial score (nSPS) is 14.0. The standard InChI is InChI=1S/C30H37N5O6S/c1-6-40-24-14-12-22(42(37,38)34-21-11-13-25(39-5)26(15-21)41-17-18(2)3)16-23(24)28-32-30(36)27-19(4)31-29(35(27)33-28)20-9-7-8-10-20/h11-16,18,20,34H,6-10,17H2,1-5H3,(H,32,33,36). The highest BCUT2D eigenvalue weighted by Gasteiger charge is 2.26. The summed E-state index contributed by atoms with van der Waals surface area (Å²) in [4.78, 5) is 20.7.